The first kappa shape index (κ1) is 15.5. The molecule has 5 heteroatoms. The van der Waals surface area contributed by atoms with Gasteiger partial charge in [-0.25, -0.2) is 4.39 Å². The maximum Gasteiger partial charge on any atom is 0.258 e. The van der Waals surface area contributed by atoms with E-state index in [9.17, 15) is 9.18 Å². The number of nitrogens with one attached hydrogen (secondary N) is 1. The van der Waals surface area contributed by atoms with Crippen LogP contribution < -0.4 is 5.32 Å². The summed E-state index contributed by atoms with van der Waals surface area (Å²) in [7, 11) is 0. The molecule has 0 bridgehead atoms. The Hall–Kier alpha value is -1.91. The fourth-order valence-corrected chi connectivity index (χ4v) is 2.01. The van der Waals surface area contributed by atoms with Crippen LogP contribution in [-0.4, -0.2) is 12.5 Å². The maximum absolute atomic E-state index is 13.7. The van der Waals surface area contributed by atoms with Gasteiger partial charge in [0.1, 0.15) is 5.82 Å². The zero-order valence-electron chi connectivity index (χ0n) is 11.5. The van der Waals surface area contributed by atoms with Crippen LogP contribution in [0.25, 0.3) is 0 Å². The van der Waals surface area contributed by atoms with E-state index in [2.05, 4.69) is 5.32 Å². The molecule has 21 heavy (non-hydrogen) atoms. The third-order valence-corrected chi connectivity index (χ3v) is 3.14. The van der Waals surface area contributed by atoms with Crippen molar-refractivity contribution >= 4 is 23.2 Å². The third-order valence-electron chi connectivity index (χ3n) is 2.90. The van der Waals surface area contributed by atoms with Crippen LogP contribution in [0.4, 0.5) is 10.1 Å². The molecule has 0 aliphatic heterocycles. The predicted octanol–water partition coefficient (Wildman–Crippen LogP) is 4.27. The Kier molecular flexibility index (Phi) is 5.31. The summed E-state index contributed by atoms with van der Waals surface area (Å²) in [5.74, 6) is -1.15. The van der Waals surface area contributed by atoms with E-state index in [0.717, 1.165) is 5.56 Å². The molecule has 0 aromatic heterocycles. The molecule has 0 saturated heterocycles. The topological polar surface area (TPSA) is 38.3 Å². The van der Waals surface area contributed by atoms with Crippen molar-refractivity contribution in [3.63, 3.8) is 0 Å². The van der Waals surface area contributed by atoms with Crippen LogP contribution in [0.3, 0.4) is 0 Å². The number of hydrogen-bond acceptors (Lipinski definition) is 2. The summed E-state index contributed by atoms with van der Waals surface area (Å²) in [6, 6.07) is 11.1. The molecule has 0 spiro atoms. The van der Waals surface area contributed by atoms with Crippen molar-refractivity contribution in [3.8, 4) is 0 Å². The Balaban J connectivity index is 2.21. The van der Waals surface area contributed by atoms with E-state index in [-0.39, 0.29) is 5.56 Å². The first-order valence-electron chi connectivity index (χ1n) is 6.54. The van der Waals surface area contributed by atoms with Gasteiger partial charge in [0.15, 0.2) is 0 Å². The summed E-state index contributed by atoms with van der Waals surface area (Å²) in [6.45, 7) is 2.85. The van der Waals surface area contributed by atoms with E-state index in [1.165, 1.54) is 18.2 Å². The molecular formula is C16H15ClFNO2. The highest BCUT2D eigenvalue weighted by Gasteiger charge is 2.14. The number of rotatable bonds is 5. The molecule has 0 fully saturated rings. The van der Waals surface area contributed by atoms with Crippen LogP contribution in [0, 0.1) is 5.82 Å². The van der Waals surface area contributed by atoms with Crippen molar-refractivity contribution in [2.75, 3.05) is 11.9 Å². The lowest BCUT2D eigenvalue weighted by Gasteiger charge is -2.11. The lowest BCUT2D eigenvalue weighted by molar-refractivity contribution is 0.102. The van der Waals surface area contributed by atoms with Crippen molar-refractivity contribution in [1.29, 1.82) is 0 Å². The second-order valence-electron chi connectivity index (χ2n) is 4.37. The molecule has 0 radical (unpaired) electrons. The van der Waals surface area contributed by atoms with Gasteiger partial charge in [-0.2, -0.15) is 0 Å². The van der Waals surface area contributed by atoms with E-state index >= 15 is 0 Å². The summed E-state index contributed by atoms with van der Waals surface area (Å²) in [5, 5.41) is 3.00. The first-order valence-corrected chi connectivity index (χ1v) is 6.91. The molecule has 2 rings (SSSR count). The van der Waals surface area contributed by atoms with E-state index in [0.29, 0.717) is 23.9 Å². The summed E-state index contributed by atoms with van der Waals surface area (Å²) in [5.41, 5.74) is 1.33. The molecule has 0 unspecified atom stereocenters. The molecule has 2 aromatic rings. The van der Waals surface area contributed by atoms with Crippen LogP contribution in [-0.2, 0) is 11.3 Å². The van der Waals surface area contributed by atoms with Crippen LogP contribution >= 0.6 is 11.6 Å². The highest BCUT2D eigenvalue weighted by atomic mass is 35.5. The van der Waals surface area contributed by atoms with Crippen molar-refractivity contribution in [2.24, 2.45) is 0 Å². The van der Waals surface area contributed by atoms with Gasteiger partial charge >= 0.3 is 0 Å². The molecule has 0 heterocycles. The SMILES string of the molecule is CCOCc1ccccc1NC(=O)c1cc(Cl)ccc1F. The molecule has 2 aromatic carbocycles. The molecule has 3 nitrogen and oxygen atoms in total. The Bertz CT molecular complexity index is 646. The van der Waals surface area contributed by atoms with Crippen molar-refractivity contribution in [1.82, 2.24) is 0 Å². The van der Waals surface area contributed by atoms with Crippen molar-refractivity contribution < 1.29 is 13.9 Å². The Morgan fingerprint density at radius 3 is 2.81 bits per heavy atom. The molecule has 0 atom stereocenters. The number of anilines is 1. The summed E-state index contributed by atoms with van der Waals surface area (Å²) in [6.07, 6.45) is 0. The van der Waals surface area contributed by atoms with Gasteiger partial charge in [-0.15, -0.1) is 0 Å². The van der Waals surface area contributed by atoms with Gasteiger partial charge in [0.2, 0.25) is 0 Å². The van der Waals surface area contributed by atoms with Crippen LogP contribution in [0.2, 0.25) is 5.02 Å². The molecule has 0 aliphatic carbocycles. The zero-order chi connectivity index (χ0) is 15.2. The molecule has 110 valence electrons. The van der Waals surface area contributed by atoms with Gasteiger partial charge in [0, 0.05) is 22.9 Å². The molecule has 1 N–H and O–H groups in total. The van der Waals surface area contributed by atoms with Gasteiger partial charge in [-0.1, -0.05) is 29.8 Å². The van der Waals surface area contributed by atoms with Crippen molar-refractivity contribution in [2.45, 2.75) is 13.5 Å². The molecule has 0 saturated carbocycles. The average molecular weight is 308 g/mol. The van der Waals surface area contributed by atoms with Crippen molar-refractivity contribution in [3.05, 3.63) is 64.4 Å². The van der Waals surface area contributed by atoms with Crippen LogP contribution in [0.5, 0.6) is 0 Å². The highest BCUT2D eigenvalue weighted by molar-refractivity contribution is 6.31. The summed E-state index contributed by atoms with van der Waals surface area (Å²) in [4.78, 5) is 12.2. The fourth-order valence-electron chi connectivity index (χ4n) is 1.84. The van der Waals surface area contributed by atoms with E-state index in [4.69, 9.17) is 16.3 Å². The smallest absolute Gasteiger partial charge is 0.258 e. The summed E-state index contributed by atoms with van der Waals surface area (Å²) >= 11 is 5.80. The van der Waals surface area contributed by atoms with E-state index in [1.807, 2.05) is 19.1 Å². The number of para-hydroxylation sites is 1. The number of ether oxygens (including phenoxy) is 1. The number of carbonyl (C=O) groups excluding carboxylic acids is 1. The second kappa shape index (κ2) is 7.20. The fraction of sp³-hybridized carbons (Fsp3) is 0.188. The monoisotopic (exact) mass is 307 g/mol. The largest absolute Gasteiger partial charge is 0.377 e. The van der Waals surface area contributed by atoms with Gasteiger partial charge in [0.05, 0.1) is 12.2 Å². The minimum absolute atomic E-state index is 0.0892. The summed E-state index contributed by atoms with van der Waals surface area (Å²) < 4.78 is 19.0. The zero-order valence-corrected chi connectivity index (χ0v) is 12.3. The molecule has 1 amide bonds. The van der Waals surface area contributed by atoms with E-state index < -0.39 is 11.7 Å². The van der Waals surface area contributed by atoms with Gasteiger partial charge in [0.25, 0.3) is 5.91 Å². The van der Waals surface area contributed by atoms with E-state index in [1.54, 1.807) is 12.1 Å². The Morgan fingerprint density at radius 1 is 1.29 bits per heavy atom. The Morgan fingerprint density at radius 2 is 2.05 bits per heavy atom. The maximum atomic E-state index is 13.7. The molecular weight excluding hydrogens is 293 g/mol. The standard InChI is InChI=1S/C16H15ClFNO2/c1-2-21-10-11-5-3-4-6-15(11)19-16(20)13-9-12(17)7-8-14(13)18/h3-9H,2,10H2,1H3,(H,19,20). The minimum Gasteiger partial charge on any atom is -0.377 e. The predicted molar refractivity (Wildman–Crippen MR) is 81.1 cm³/mol. The number of halogens is 2. The average Bonchev–Trinajstić information content (AvgIpc) is 2.48. The molecule has 0 aliphatic rings. The van der Waals surface area contributed by atoms with Crippen LogP contribution in [0.15, 0.2) is 42.5 Å². The Labute approximate surface area is 127 Å². The number of benzene rings is 2. The van der Waals surface area contributed by atoms with Gasteiger partial charge < -0.3 is 10.1 Å². The number of carbonyl (C=O) groups is 1. The lowest BCUT2D eigenvalue weighted by Crippen LogP contribution is -2.15. The van der Waals surface area contributed by atoms with Gasteiger partial charge in [-0.05, 0) is 31.2 Å². The lowest BCUT2D eigenvalue weighted by atomic mass is 10.1. The minimum atomic E-state index is -0.612. The highest BCUT2D eigenvalue weighted by Crippen LogP contribution is 2.20. The quantitative estimate of drug-likeness (QED) is 0.896. The normalized spacial score (nSPS) is 10.4. The first-order chi connectivity index (χ1) is 10.1. The van der Waals surface area contributed by atoms with Crippen LogP contribution in [0.1, 0.15) is 22.8 Å². The number of hydrogen-bond donors (Lipinski definition) is 1. The van der Waals surface area contributed by atoms with Gasteiger partial charge in [-0.3, -0.25) is 4.79 Å². The number of amides is 1. The third kappa shape index (κ3) is 4.03. The second-order valence-corrected chi connectivity index (χ2v) is 4.81.